The Kier molecular flexibility index (Phi) is 8.60. The van der Waals surface area contributed by atoms with Crippen molar-refractivity contribution in [1.82, 2.24) is 0 Å². The molecule has 0 aromatic heterocycles. The molecule has 0 radical (unpaired) electrons. The number of hydrogen-bond donors (Lipinski definition) is 1. The van der Waals surface area contributed by atoms with Crippen LogP contribution >= 0.6 is 23.2 Å². The molecule has 0 aliphatic carbocycles. The Morgan fingerprint density at radius 2 is 1.88 bits per heavy atom. The van der Waals surface area contributed by atoms with Crippen LogP contribution in [0, 0.1) is 6.92 Å². The zero-order valence-corrected chi connectivity index (χ0v) is 15.8. The Balaban J connectivity index is 0.00000288. The number of anilines is 2. The van der Waals surface area contributed by atoms with E-state index >= 15 is 0 Å². The largest absolute Gasteiger partial charge is 0.435 e. The number of carbonyl (C=O) groups is 1. The van der Waals surface area contributed by atoms with E-state index in [1.807, 2.05) is 19.9 Å². The number of aryl methyl sites for hydroxylation is 1. The molecule has 0 saturated carbocycles. The van der Waals surface area contributed by atoms with Crippen molar-refractivity contribution in [3.05, 3.63) is 57.6 Å². The molecule has 0 spiro atoms. The normalized spacial score (nSPS) is 10.0. The fraction of sp³-hybridized carbons (Fsp3) is 0.235. The third kappa shape index (κ3) is 5.13. The molecule has 2 rings (SSSR count). The number of halogens is 2. The number of rotatable bonds is 6. The standard InChI is InChI=1S/C17H17Cl2NO3.Fe/c1-3-22-10-23-17(21)12-6-4-5-7-14(12)20-16-13(18)9-8-11(2)15(16)19;/h4-9,20H,3,10H2,1-2H3;. The molecule has 0 amide bonds. The topological polar surface area (TPSA) is 47.6 Å². The van der Waals surface area contributed by atoms with Gasteiger partial charge in [-0.25, -0.2) is 4.79 Å². The molecule has 0 aliphatic heterocycles. The molecular weight excluding hydrogens is 393 g/mol. The number of nitrogens with one attached hydrogen (secondary N) is 1. The third-order valence-corrected chi connectivity index (χ3v) is 3.97. The number of ether oxygens (including phenoxy) is 2. The molecule has 2 aromatic carbocycles. The summed E-state index contributed by atoms with van der Waals surface area (Å²) in [7, 11) is 0. The van der Waals surface area contributed by atoms with Crippen molar-refractivity contribution in [2.45, 2.75) is 13.8 Å². The maximum atomic E-state index is 12.2. The maximum Gasteiger partial charge on any atom is 0.342 e. The zero-order chi connectivity index (χ0) is 16.8. The molecule has 7 heteroatoms. The van der Waals surface area contributed by atoms with E-state index < -0.39 is 5.97 Å². The van der Waals surface area contributed by atoms with Gasteiger partial charge in [0.2, 0.25) is 0 Å². The number of esters is 1. The molecule has 0 heterocycles. The predicted molar refractivity (Wildman–Crippen MR) is 92.8 cm³/mol. The summed E-state index contributed by atoms with van der Waals surface area (Å²) in [5.74, 6) is -0.485. The Labute approximate surface area is 161 Å². The zero-order valence-electron chi connectivity index (χ0n) is 13.2. The first-order valence-electron chi connectivity index (χ1n) is 7.10. The molecule has 4 nitrogen and oxygen atoms in total. The first kappa shape index (κ1) is 20.8. The monoisotopic (exact) mass is 409 g/mol. The summed E-state index contributed by atoms with van der Waals surface area (Å²) in [6.45, 7) is 4.09. The van der Waals surface area contributed by atoms with Gasteiger partial charge in [-0.15, -0.1) is 0 Å². The molecule has 0 aliphatic rings. The minimum absolute atomic E-state index is 0. The van der Waals surface area contributed by atoms with E-state index in [2.05, 4.69) is 5.32 Å². The van der Waals surface area contributed by atoms with Crippen molar-refractivity contribution < 1.29 is 31.3 Å². The second-order valence-corrected chi connectivity index (χ2v) is 5.55. The molecule has 1 N–H and O–H groups in total. The van der Waals surface area contributed by atoms with E-state index in [0.29, 0.717) is 33.6 Å². The van der Waals surface area contributed by atoms with Crippen LogP contribution in [-0.4, -0.2) is 19.4 Å². The average Bonchev–Trinajstić information content (AvgIpc) is 2.55. The number of carbonyl (C=O) groups excluding carboxylic acids is 1. The minimum atomic E-state index is -0.485. The average molecular weight is 410 g/mol. The summed E-state index contributed by atoms with van der Waals surface area (Å²) in [6, 6.07) is 10.6. The minimum Gasteiger partial charge on any atom is -0.435 e. The first-order chi connectivity index (χ1) is 11.0. The molecular formula is C17H17Cl2FeNO3. The van der Waals surface area contributed by atoms with Gasteiger partial charge in [0.05, 0.1) is 27.0 Å². The van der Waals surface area contributed by atoms with Gasteiger partial charge in [-0.3, -0.25) is 0 Å². The van der Waals surface area contributed by atoms with Crippen LogP contribution in [0.5, 0.6) is 0 Å². The summed E-state index contributed by atoms with van der Waals surface area (Å²) >= 11 is 12.5. The van der Waals surface area contributed by atoms with Crippen LogP contribution in [0.3, 0.4) is 0 Å². The second-order valence-electron chi connectivity index (χ2n) is 4.77. The number of para-hydroxylation sites is 1. The van der Waals surface area contributed by atoms with Crippen LogP contribution in [0.1, 0.15) is 22.8 Å². The van der Waals surface area contributed by atoms with Crippen LogP contribution in [0.15, 0.2) is 36.4 Å². The molecule has 24 heavy (non-hydrogen) atoms. The van der Waals surface area contributed by atoms with Gasteiger partial charge in [0, 0.05) is 23.7 Å². The van der Waals surface area contributed by atoms with Crippen LogP contribution in [0.2, 0.25) is 10.0 Å². The van der Waals surface area contributed by atoms with Gasteiger partial charge in [0.25, 0.3) is 0 Å². The Hall–Kier alpha value is -1.23. The van der Waals surface area contributed by atoms with Crippen molar-refractivity contribution in [1.29, 1.82) is 0 Å². The molecule has 0 unspecified atom stereocenters. The van der Waals surface area contributed by atoms with Gasteiger partial charge in [0.1, 0.15) is 0 Å². The Morgan fingerprint density at radius 3 is 2.58 bits per heavy atom. The van der Waals surface area contributed by atoms with E-state index in [1.54, 1.807) is 30.3 Å². The summed E-state index contributed by atoms with van der Waals surface area (Å²) in [4.78, 5) is 12.2. The Morgan fingerprint density at radius 1 is 1.17 bits per heavy atom. The summed E-state index contributed by atoms with van der Waals surface area (Å²) < 4.78 is 10.1. The van der Waals surface area contributed by atoms with Gasteiger partial charge in [-0.2, -0.15) is 0 Å². The SMILES string of the molecule is CCOCOC(=O)c1ccccc1Nc1c(Cl)ccc(C)c1Cl.[Fe]. The van der Waals surface area contributed by atoms with Crippen molar-refractivity contribution in [2.24, 2.45) is 0 Å². The van der Waals surface area contributed by atoms with E-state index in [9.17, 15) is 4.79 Å². The van der Waals surface area contributed by atoms with E-state index in [-0.39, 0.29) is 23.9 Å². The van der Waals surface area contributed by atoms with Gasteiger partial charge in [0.15, 0.2) is 6.79 Å². The molecule has 0 fully saturated rings. The molecule has 2 aromatic rings. The number of hydrogen-bond acceptors (Lipinski definition) is 4. The van der Waals surface area contributed by atoms with Gasteiger partial charge < -0.3 is 14.8 Å². The van der Waals surface area contributed by atoms with Crippen LogP contribution < -0.4 is 5.32 Å². The van der Waals surface area contributed by atoms with Gasteiger partial charge >= 0.3 is 5.97 Å². The van der Waals surface area contributed by atoms with Crippen LogP contribution in [0.25, 0.3) is 0 Å². The van der Waals surface area contributed by atoms with E-state index in [4.69, 9.17) is 32.7 Å². The van der Waals surface area contributed by atoms with Crippen molar-refractivity contribution in [3.63, 3.8) is 0 Å². The van der Waals surface area contributed by atoms with Gasteiger partial charge in [-0.05, 0) is 37.6 Å². The van der Waals surface area contributed by atoms with Crippen molar-refractivity contribution in [3.8, 4) is 0 Å². The van der Waals surface area contributed by atoms with E-state index in [1.165, 1.54) is 0 Å². The van der Waals surface area contributed by atoms with Crippen molar-refractivity contribution in [2.75, 3.05) is 18.7 Å². The van der Waals surface area contributed by atoms with Crippen LogP contribution in [0.4, 0.5) is 11.4 Å². The molecule has 0 atom stereocenters. The molecule has 0 saturated heterocycles. The Bertz CT molecular complexity index is 710. The van der Waals surface area contributed by atoms with Gasteiger partial charge in [-0.1, -0.05) is 41.4 Å². The first-order valence-corrected chi connectivity index (χ1v) is 7.85. The summed E-state index contributed by atoms with van der Waals surface area (Å²) in [5, 5.41) is 4.10. The van der Waals surface area contributed by atoms with E-state index in [0.717, 1.165) is 5.56 Å². The fourth-order valence-corrected chi connectivity index (χ4v) is 2.40. The second kappa shape index (κ2) is 9.92. The predicted octanol–water partition coefficient (Wildman–Crippen LogP) is 5.19. The quantitative estimate of drug-likeness (QED) is 0.308. The summed E-state index contributed by atoms with van der Waals surface area (Å²) in [5.41, 5.74) is 2.37. The number of benzene rings is 2. The summed E-state index contributed by atoms with van der Waals surface area (Å²) in [6.07, 6.45) is 0. The third-order valence-electron chi connectivity index (χ3n) is 3.17. The fourth-order valence-electron chi connectivity index (χ4n) is 1.93. The molecule has 0 bridgehead atoms. The van der Waals surface area contributed by atoms with Crippen molar-refractivity contribution >= 4 is 40.5 Å². The van der Waals surface area contributed by atoms with Crippen LogP contribution in [-0.2, 0) is 26.5 Å². The smallest absolute Gasteiger partial charge is 0.342 e. The molecule has 130 valence electrons. The maximum absolute atomic E-state index is 12.2.